The fraction of sp³-hybridized carbons (Fsp3) is 0.900. The van der Waals surface area contributed by atoms with Crippen LogP contribution in [-0.4, -0.2) is 40.5 Å². The Morgan fingerprint density at radius 2 is 1.77 bits per heavy atom. The molecule has 1 aliphatic rings. The Balaban J connectivity index is 2.75. The predicted molar refractivity (Wildman–Crippen MR) is 53.7 cm³/mol. The fourth-order valence-corrected chi connectivity index (χ4v) is 1.95. The maximum absolute atomic E-state index is 11.9. The van der Waals surface area contributed by atoms with E-state index in [1.54, 1.807) is 0 Å². The highest BCUT2D eigenvalue weighted by molar-refractivity contribution is 5.77. The van der Waals surface area contributed by atoms with Crippen molar-refractivity contribution >= 4 is 6.03 Å². The van der Waals surface area contributed by atoms with Crippen LogP contribution in [0.1, 0.15) is 34.6 Å². The summed E-state index contributed by atoms with van der Waals surface area (Å²) < 4.78 is 0. The van der Waals surface area contributed by atoms with Crippen LogP contribution in [0.25, 0.3) is 0 Å². The van der Waals surface area contributed by atoms with Crippen molar-refractivity contribution in [1.82, 2.24) is 9.80 Å². The molecular formula is C10H20N2O. The van der Waals surface area contributed by atoms with Gasteiger partial charge in [0.15, 0.2) is 0 Å². The Labute approximate surface area is 80.7 Å². The highest BCUT2D eigenvalue weighted by Gasteiger charge is 2.36. The summed E-state index contributed by atoms with van der Waals surface area (Å²) in [6.07, 6.45) is 0. The van der Waals surface area contributed by atoms with Gasteiger partial charge in [0, 0.05) is 24.7 Å². The van der Waals surface area contributed by atoms with Crippen LogP contribution < -0.4 is 0 Å². The third-order valence-electron chi connectivity index (χ3n) is 2.58. The van der Waals surface area contributed by atoms with E-state index in [0.717, 1.165) is 6.54 Å². The van der Waals surface area contributed by atoms with Crippen molar-refractivity contribution in [3.05, 3.63) is 0 Å². The Kier molecular flexibility index (Phi) is 2.84. The number of amides is 2. The molecule has 0 N–H and O–H groups in total. The summed E-state index contributed by atoms with van der Waals surface area (Å²) in [5.41, 5.74) is 0. The van der Waals surface area contributed by atoms with Crippen molar-refractivity contribution in [3.63, 3.8) is 0 Å². The minimum absolute atomic E-state index is 0.192. The molecule has 0 aromatic carbocycles. The average Bonchev–Trinajstić information content (AvgIpc) is 2.26. The van der Waals surface area contributed by atoms with E-state index >= 15 is 0 Å². The van der Waals surface area contributed by atoms with Gasteiger partial charge in [0.1, 0.15) is 0 Å². The number of hydrogen-bond donors (Lipinski definition) is 0. The summed E-state index contributed by atoms with van der Waals surface area (Å²) in [5, 5.41) is 0. The summed E-state index contributed by atoms with van der Waals surface area (Å²) in [6, 6.07) is 1.18. The summed E-state index contributed by atoms with van der Waals surface area (Å²) >= 11 is 0. The molecule has 0 aliphatic carbocycles. The van der Waals surface area contributed by atoms with Gasteiger partial charge in [0.2, 0.25) is 0 Å². The molecule has 3 nitrogen and oxygen atoms in total. The monoisotopic (exact) mass is 184 g/mol. The van der Waals surface area contributed by atoms with Gasteiger partial charge in [-0.1, -0.05) is 0 Å². The van der Waals surface area contributed by atoms with Gasteiger partial charge < -0.3 is 9.80 Å². The molecule has 76 valence electrons. The van der Waals surface area contributed by atoms with Crippen LogP contribution in [0.4, 0.5) is 4.79 Å². The zero-order valence-corrected chi connectivity index (χ0v) is 9.24. The summed E-state index contributed by atoms with van der Waals surface area (Å²) in [7, 11) is 0. The maximum Gasteiger partial charge on any atom is 0.320 e. The standard InChI is InChI=1S/C10H20N2O/c1-7(2)11-6-9(5)12(8(3)4)10(11)13/h7-9H,6H2,1-5H3/t9-/m1/s1. The predicted octanol–water partition coefficient (Wildman–Crippen LogP) is 1.93. The molecule has 0 unspecified atom stereocenters. The van der Waals surface area contributed by atoms with Gasteiger partial charge in [-0.25, -0.2) is 4.79 Å². The van der Waals surface area contributed by atoms with E-state index in [2.05, 4.69) is 34.6 Å². The van der Waals surface area contributed by atoms with Gasteiger partial charge in [0.25, 0.3) is 0 Å². The van der Waals surface area contributed by atoms with Crippen molar-refractivity contribution in [2.75, 3.05) is 6.54 Å². The van der Waals surface area contributed by atoms with E-state index in [0.29, 0.717) is 18.1 Å². The molecule has 13 heavy (non-hydrogen) atoms. The molecule has 1 fully saturated rings. The van der Waals surface area contributed by atoms with Gasteiger partial charge in [-0.15, -0.1) is 0 Å². The van der Waals surface area contributed by atoms with Crippen LogP contribution in [0.15, 0.2) is 0 Å². The van der Waals surface area contributed by atoms with Crippen LogP contribution in [0.5, 0.6) is 0 Å². The van der Waals surface area contributed by atoms with Crippen molar-refractivity contribution in [2.45, 2.75) is 52.7 Å². The van der Waals surface area contributed by atoms with E-state index < -0.39 is 0 Å². The van der Waals surface area contributed by atoms with Crippen LogP contribution in [0.2, 0.25) is 0 Å². The lowest BCUT2D eigenvalue weighted by atomic mass is 10.2. The Hall–Kier alpha value is -0.730. The van der Waals surface area contributed by atoms with E-state index in [4.69, 9.17) is 0 Å². The number of rotatable bonds is 2. The first-order chi connectivity index (χ1) is 5.95. The van der Waals surface area contributed by atoms with Crippen molar-refractivity contribution in [1.29, 1.82) is 0 Å². The topological polar surface area (TPSA) is 23.6 Å². The Morgan fingerprint density at radius 3 is 2.00 bits per heavy atom. The second-order valence-electron chi connectivity index (χ2n) is 4.38. The summed E-state index contributed by atoms with van der Waals surface area (Å²) in [4.78, 5) is 15.7. The number of carbonyl (C=O) groups is 1. The Bertz CT molecular complexity index is 201. The van der Waals surface area contributed by atoms with E-state index in [1.165, 1.54) is 0 Å². The molecule has 1 saturated heterocycles. The molecule has 3 heteroatoms. The largest absolute Gasteiger partial charge is 0.320 e. The molecule has 1 atom stereocenters. The number of urea groups is 1. The lowest BCUT2D eigenvalue weighted by Gasteiger charge is -2.25. The second-order valence-corrected chi connectivity index (χ2v) is 4.38. The second kappa shape index (κ2) is 3.56. The molecule has 2 amide bonds. The fourth-order valence-electron chi connectivity index (χ4n) is 1.95. The van der Waals surface area contributed by atoms with Crippen LogP contribution in [-0.2, 0) is 0 Å². The molecule has 0 aromatic heterocycles. The highest BCUT2D eigenvalue weighted by atomic mass is 16.2. The lowest BCUT2D eigenvalue weighted by Crippen LogP contribution is -2.40. The lowest BCUT2D eigenvalue weighted by molar-refractivity contribution is 0.169. The first-order valence-corrected chi connectivity index (χ1v) is 5.04. The molecule has 1 aliphatic heterocycles. The first kappa shape index (κ1) is 10.4. The SMILES string of the molecule is CC(C)N1C[C@@H](C)N(C(C)C)C1=O. The smallest absolute Gasteiger partial charge is 0.320 e. The molecule has 0 saturated carbocycles. The van der Waals surface area contributed by atoms with E-state index in [1.807, 2.05) is 9.80 Å². The number of hydrogen-bond acceptors (Lipinski definition) is 1. The quantitative estimate of drug-likeness (QED) is 0.643. The van der Waals surface area contributed by atoms with Gasteiger partial charge >= 0.3 is 6.03 Å². The van der Waals surface area contributed by atoms with Crippen LogP contribution >= 0.6 is 0 Å². The molecular weight excluding hydrogens is 164 g/mol. The molecule has 0 aromatic rings. The minimum Gasteiger partial charge on any atom is -0.320 e. The summed E-state index contributed by atoms with van der Waals surface area (Å²) in [6.45, 7) is 11.2. The molecule has 0 radical (unpaired) electrons. The Morgan fingerprint density at radius 1 is 1.23 bits per heavy atom. The van der Waals surface area contributed by atoms with Gasteiger partial charge in [-0.05, 0) is 34.6 Å². The molecule has 0 spiro atoms. The zero-order valence-electron chi connectivity index (χ0n) is 9.24. The first-order valence-electron chi connectivity index (χ1n) is 5.04. The minimum atomic E-state index is 0.192. The molecule has 0 bridgehead atoms. The third kappa shape index (κ3) is 1.79. The van der Waals surface area contributed by atoms with Crippen LogP contribution in [0, 0.1) is 0 Å². The average molecular weight is 184 g/mol. The highest BCUT2D eigenvalue weighted by Crippen LogP contribution is 2.20. The number of nitrogens with zero attached hydrogens (tertiary/aromatic N) is 2. The number of carbonyl (C=O) groups excluding carboxylic acids is 1. The van der Waals surface area contributed by atoms with Gasteiger partial charge in [-0.3, -0.25) is 0 Å². The third-order valence-corrected chi connectivity index (χ3v) is 2.58. The maximum atomic E-state index is 11.9. The molecule has 1 heterocycles. The zero-order chi connectivity index (χ0) is 10.2. The summed E-state index contributed by atoms with van der Waals surface area (Å²) in [5.74, 6) is 0. The normalized spacial score (nSPS) is 23.9. The van der Waals surface area contributed by atoms with Gasteiger partial charge in [-0.2, -0.15) is 0 Å². The van der Waals surface area contributed by atoms with Crippen molar-refractivity contribution < 1.29 is 4.79 Å². The van der Waals surface area contributed by atoms with E-state index in [-0.39, 0.29) is 6.03 Å². The van der Waals surface area contributed by atoms with Crippen molar-refractivity contribution in [3.8, 4) is 0 Å². The molecule has 1 rings (SSSR count). The van der Waals surface area contributed by atoms with Crippen LogP contribution in [0.3, 0.4) is 0 Å². The van der Waals surface area contributed by atoms with Crippen molar-refractivity contribution in [2.24, 2.45) is 0 Å². The van der Waals surface area contributed by atoms with E-state index in [9.17, 15) is 4.79 Å². The van der Waals surface area contributed by atoms with Gasteiger partial charge in [0.05, 0.1) is 0 Å².